The van der Waals surface area contributed by atoms with Gasteiger partial charge in [0.25, 0.3) is 0 Å². The number of likely N-dealkylation sites (N-methyl/N-ethyl adjacent to an activating group) is 1. The van der Waals surface area contributed by atoms with Crippen LogP contribution in [0.5, 0.6) is 0 Å². The van der Waals surface area contributed by atoms with Gasteiger partial charge in [0.2, 0.25) is 5.91 Å². The number of benzene rings is 1. The normalized spacial score (nSPS) is 15.4. The molecule has 1 aliphatic rings. The molecule has 1 N–H and O–H groups in total. The summed E-state index contributed by atoms with van der Waals surface area (Å²) in [5.74, 6) is 0.104. The molecule has 1 fully saturated rings. The van der Waals surface area contributed by atoms with Crippen LogP contribution in [0.1, 0.15) is 24.0 Å². The Morgan fingerprint density at radius 3 is 2.42 bits per heavy atom. The molecule has 0 radical (unpaired) electrons. The number of carbonyl (C=O) groups is 1. The van der Waals surface area contributed by atoms with Gasteiger partial charge in [-0.25, -0.2) is 4.98 Å². The Morgan fingerprint density at radius 1 is 1.23 bits per heavy atom. The first-order valence-corrected chi connectivity index (χ1v) is 10.5. The van der Waals surface area contributed by atoms with Crippen LogP contribution in [0.2, 0.25) is 5.02 Å². The molecule has 0 bridgehead atoms. The summed E-state index contributed by atoms with van der Waals surface area (Å²) in [7, 11) is 4.06. The third kappa shape index (κ3) is 6.33. The molecule has 1 aliphatic heterocycles. The monoisotopic (exact) mass is 454 g/mol. The standard InChI is InChI=1S/C22H26ClF3N4O/c1-29(2)10-7-15-3-5-18(6-4-15)28-21(31)16-8-11-30(12-9-16)20-19(23)13-17(14-27-20)22(24,25)26/h3-6,13-14,16H,7-12H2,1-2H3,(H,28,31). The highest BCUT2D eigenvalue weighted by molar-refractivity contribution is 6.33. The van der Waals surface area contributed by atoms with E-state index in [1.165, 1.54) is 5.56 Å². The molecule has 0 aliphatic carbocycles. The number of anilines is 2. The van der Waals surface area contributed by atoms with E-state index in [-0.39, 0.29) is 16.8 Å². The number of pyridine rings is 1. The minimum Gasteiger partial charge on any atom is -0.355 e. The zero-order valence-electron chi connectivity index (χ0n) is 17.5. The lowest BCUT2D eigenvalue weighted by molar-refractivity contribution is -0.137. The zero-order chi connectivity index (χ0) is 22.6. The van der Waals surface area contributed by atoms with E-state index in [0.717, 1.165) is 30.9 Å². The van der Waals surface area contributed by atoms with E-state index in [2.05, 4.69) is 15.2 Å². The molecule has 0 spiro atoms. The number of piperidine rings is 1. The van der Waals surface area contributed by atoms with Crippen LogP contribution in [0.4, 0.5) is 24.7 Å². The minimum absolute atomic E-state index is 0.0351. The predicted octanol–water partition coefficient (Wildman–Crippen LogP) is 4.71. The lowest BCUT2D eigenvalue weighted by atomic mass is 9.95. The number of halogens is 4. The number of hydrogen-bond acceptors (Lipinski definition) is 4. The Kier molecular flexibility index (Phi) is 7.43. The fraction of sp³-hybridized carbons (Fsp3) is 0.455. The summed E-state index contributed by atoms with van der Waals surface area (Å²) in [5.41, 5.74) is 1.10. The second-order valence-electron chi connectivity index (χ2n) is 8.03. The SMILES string of the molecule is CN(C)CCc1ccc(NC(=O)C2CCN(c3ncc(C(F)(F)F)cc3Cl)CC2)cc1. The number of carbonyl (C=O) groups excluding carboxylic acids is 1. The quantitative estimate of drug-likeness (QED) is 0.686. The Hall–Kier alpha value is -2.32. The van der Waals surface area contributed by atoms with Crippen molar-refractivity contribution in [1.29, 1.82) is 0 Å². The van der Waals surface area contributed by atoms with Crippen molar-refractivity contribution in [3.63, 3.8) is 0 Å². The molecule has 1 aromatic carbocycles. The number of hydrogen-bond donors (Lipinski definition) is 1. The van der Waals surface area contributed by atoms with Crippen molar-refractivity contribution in [3.05, 3.63) is 52.7 Å². The van der Waals surface area contributed by atoms with E-state index in [4.69, 9.17) is 11.6 Å². The number of rotatable bonds is 6. The summed E-state index contributed by atoms with van der Waals surface area (Å²) in [5, 5.41) is 2.92. The number of amides is 1. The van der Waals surface area contributed by atoms with Crippen molar-refractivity contribution in [2.75, 3.05) is 43.9 Å². The van der Waals surface area contributed by atoms with Crippen molar-refractivity contribution in [2.24, 2.45) is 5.92 Å². The van der Waals surface area contributed by atoms with E-state index >= 15 is 0 Å². The van der Waals surface area contributed by atoms with E-state index in [1.54, 1.807) is 0 Å². The first-order chi connectivity index (χ1) is 14.6. The molecule has 2 heterocycles. The summed E-state index contributed by atoms with van der Waals surface area (Å²) >= 11 is 6.04. The first-order valence-electron chi connectivity index (χ1n) is 10.2. The third-order valence-electron chi connectivity index (χ3n) is 5.38. The Balaban J connectivity index is 1.53. The molecule has 2 aromatic rings. The summed E-state index contributed by atoms with van der Waals surface area (Å²) < 4.78 is 38.4. The molecule has 9 heteroatoms. The summed E-state index contributed by atoms with van der Waals surface area (Å²) in [6.07, 6.45) is -1.59. The third-order valence-corrected chi connectivity index (χ3v) is 5.66. The maximum absolute atomic E-state index is 12.8. The van der Waals surface area contributed by atoms with Crippen LogP contribution >= 0.6 is 11.6 Å². The predicted molar refractivity (Wildman–Crippen MR) is 117 cm³/mol. The average Bonchev–Trinajstić information content (AvgIpc) is 2.72. The second kappa shape index (κ2) is 9.87. The number of aromatic nitrogens is 1. The molecular formula is C22H26ClF3N4O. The highest BCUT2D eigenvalue weighted by atomic mass is 35.5. The molecule has 0 atom stereocenters. The van der Waals surface area contributed by atoms with Gasteiger partial charge in [-0.15, -0.1) is 0 Å². The lowest BCUT2D eigenvalue weighted by Gasteiger charge is -2.32. The number of nitrogens with zero attached hydrogens (tertiary/aromatic N) is 3. The van der Waals surface area contributed by atoms with Gasteiger partial charge in [0, 0.05) is 37.4 Å². The number of alkyl halides is 3. The first kappa shape index (κ1) is 23.3. The van der Waals surface area contributed by atoms with Gasteiger partial charge < -0.3 is 15.1 Å². The van der Waals surface area contributed by atoms with Gasteiger partial charge in [-0.3, -0.25) is 4.79 Å². The van der Waals surface area contributed by atoms with E-state index in [1.807, 2.05) is 43.3 Å². The second-order valence-corrected chi connectivity index (χ2v) is 8.44. The van der Waals surface area contributed by atoms with E-state index in [9.17, 15) is 18.0 Å². The Labute approximate surface area is 185 Å². The van der Waals surface area contributed by atoms with Crippen LogP contribution in [-0.4, -0.2) is 49.5 Å². The molecule has 0 unspecified atom stereocenters. The van der Waals surface area contributed by atoms with Crippen LogP contribution in [-0.2, 0) is 17.4 Å². The topological polar surface area (TPSA) is 48.5 Å². The van der Waals surface area contributed by atoms with Crippen molar-refractivity contribution in [1.82, 2.24) is 9.88 Å². The van der Waals surface area contributed by atoms with E-state index < -0.39 is 11.7 Å². The fourth-order valence-corrected chi connectivity index (χ4v) is 3.81. The van der Waals surface area contributed by atoms with Gasteiger partial charge in [0.05, 0.1) is 10.6 Å². The molecule has 1 aromatic heterocycles. The molecule has 168 valence electrons. The van der Waals surface area contributed by atoms with Gasteiger partial charge in [-0.1, -0.05) is 23.7 Å². The molecule has 31 heavy (non-hydrogen) atoms. The Morgan fingerprint density at radius 2 is 1.87 bits per heavy atom. The molecule has 1 amide bonds. The van der Waals surface area contributed by atoms with Crippen molar-refractivity contribution < 1.29 is 18.0 Å². The summed E-state index contributed by atoms with van der Waals surface area (Å²) in [6.45, 7) is 1.96. The molecule has 3 rings (SSSR count). The summed E-state index contributed by atoms with van der Waals surface area (Å²) in [6, 6.07) is 8.73. The maximum atomic E-state index is 12.8. The molecule has 1 saturated heterocycles. The van der Waals surface area contributed by atoms with Crippen molar-refractivity contribution in [3.8, 4) is 0 Å². The van der Waals surface area contributed by atoms with Gasteiger partial charge in [0.1, 0.15) is 5.82 Å². The molecule has 0 saturated carbocycles. The van der Waals surface area contributed by atoms with Crippen LogP contribution in [0.15, 0.2) is 36.5 Å². The average molecular weight is 455 g/mol. The van der Waals surface area contributed by atoms with Crippen LogP contribution in [0.3, 0.4) is 0 Å². The van der Waals surface area contributed by atoms with Crippen LogP contribution in [0.25, 0.3) is 0 Å². The van der Waals surface area contributed by atoms with Crippen LogP contribution in [0, 0.1) is 5.92 Å². The van der Waals surface area contributed by atoms with Crippen molar-refractivity contribution in [2.45, 2.75) is 25.4 Å². The Bertz CT molecular complexity index is 895. The highest BCUT2D eigenvalue weighted by Crippen LogP contribution is 2.34. The van der Waals surface area contributed by atoms with E-state index in [0.29, 0.717) is 31.7 Å². The van der Waals surface area contributed by atoms with Gasteiger partial charge in [-0.2, -0.15) is 13.2 Å². The highest BCUT2D eigenvalue weighted by Gasteiger charge is 2.33. The van der Waals surface area contributed by atoms with Gasteiger partial charge in [0.15, 0.2) is 0 Å². The van der Waals surface area contributed by atoms with Gasteiger partial charge >= 0.3 is 6.18 Å². The lowest BCUT2D eigenvalue weighted by Crippen LogP contribution is -2.38. The zero-order valence-corrected chi connectivity index (χ0v) is 18.3. The molecular weight excluding hydrogens is 429 g/mol. The smallest absolute Gasteiger partial charge is 0.355 e. The molecule has 5 nitrogen and oxygen atoms in total. The maximum Gasteiger partial charge on any atom is 0.417 e. The largest absolute Gasteiger partial charge is 0.417 e. The summed E-state index contributed by atoms with van der Waals surface area (Å²) in [4.78, 5) is 20.5. The minimum atomic E-state index is -4.48. The fourth-order valence-electron chi connectivity index (χ4n) is 3.52. The van der Waals surface area contributed by atoms with Crippen molar-refractivity contribution >= 4 is 29.0 Å². The van der Waals surface area contributed by atoms with Gasteiger partial charge in [-0.05, 0) is 57.1 Å². The number of nitrogens with one attached hydrogen (secondary N) is 1. The van der Waals surface area contributed by atoms with Crippen LogP contribution < -0.4 is 10.2 Å².